The molecule has 2 aliphatic heterocycles. The Balaban J connectivity index is 1.61. The van der Waals surface area contributed by atoms with E-state index in [0.29, 0.717) is 6.54 Å². The van der Waals surface area contributed by atoms with Gasteiger partial charge in [0.2, 0.25) is 0 Å². The van der Waals surface area contributed by atoms with Crippen LogP contribution >= 0.6 is 0 Å². The van der Waals surface area contributed by atoms with Crippen LogP contribution in [0, 0.1) is 13.8 Å². The highest BCUT2D eigenvalue weighted by atomic mass is 16.5. The smallest absolute Gasteiger partial charge is 0.258 e. The summed E-state index contributed by atoms with van der Waals surface area (Å²) in [6.07, 6.45) is 0.978. The van der Waals surface area contributed by atoms with Gasteiger partial charge in [-0.1, -0.05) is 6.92 Å². The first-order valence-electron chi connectivity index (χ1n) is 10.2. The maximum absolute atomic E-state index is 13.4. The van der Waals surface area contributed by atoms with Gasteiger partial charge in [0.05, 0.1) is 24.6 Å². The summed E-state index contributed by atoms with van der Waals surface area (Å²) in [4.78, 5) is 17.6. The Kier molecular flexibility index (Phi) is 5.27. The van der Waals surface area contributed by atoms with Crippen LogP contribution in [-0.2, 0) is 4.74 Å². The van der Waals surface area contributed by atoms with E-state index < -0.39 is 0 Å². The van der Waals surface area contributed by atoms with Crippen molar-refractivity contribution in [2.24, 2.45) is 0 Å². The molecular weight excluding hydrogens is 350 g/mol. The van der Waals surface area contributed by atoms with Gasteiger partial charge in [0.15, 0.2) is 0 Å². The average molecular weight is 380 g/mol. The molecule has 1 atom stereocenters. The lowest BCUT2D eigenvalue weighted by Crippen LogP contribution is -2.44. The lowest BCUT2D eigenvalue weighted by atomic mass is 10.0. The van der Waals surface area contributed by atoms with Crippen molar-refractivity contribution < 1.29 is 9.53 Å². The fourth-order valence-corrected chi connectivity index (χ4v) is 3.94. The van der Waals surface area contributed by atoms with E-state index in [1.807, 2.05) is 17.0 Å². The molecule has 0 radical (unpaired) electrons. The van der Waals surface area contributed by atoms with E-state index in [1.165, 1.54) is 11.1 Å². The van der Waals surface area contributed by atoms with Gasteiger partial charge in [-0.2, -0.15) is 0 Å². The Morgan fingerprint density at radius 3 is 2.46 bits per heavy atom. The lowest BCUT2D eigenvalue weighted by molar-refractivity contribution is 0.0984. The number of aryl methyl sites for hydroxylation is 2. The quantitative estimate of drug-likeness (QED) is 0.876. The van der Waals surface area contributed by atoms with E-state index in [9.17, 15) is 4.79 Å². The van der Waals surface area contributed by atoms with Gasteiger partial charge < -0.3 is 19.9 Å². The first-order valence-corrected chi connectivity index (χ1v) is 10.2. The summed E-state index contributed by atoms with van der Waals surface area (Å²) in [6.45, 7) is 10.4. The average Bonchev–Trinajstić information content (AvgIpc) is 2.74. The van der Waals surface area contributed by atoms with Crippen molar-refractivity contribution in [2.45, 2.75) is 33.2 Å². The van der Waals surface area contributed by atoms with E-state index in [-0.39, 0.29) is 11.9 Å². The second-order valence-electron chi connectivity index (χ2n) is 7.77. The molecule has 0 aromatic heterocycles. The Morgan fingerprint density at radius 1 is 1.11 bits per heavy atom. The Bertz CT molecular complexity index is 857. The number of amides is 1. The number of fused-ring (bicyclic) bond motifs is 1. The summed E-state index contributed by atoms with van der Waals surface area (Å²) in [7, 11) is 0. The first kappa shape index (κ1) is 18.8. The molecule has 0 spiro atoms. The van der Waals surface area contributed by atoms with E-state index in [0.717, 1.165) is 55.3 Å². The molecule has 28 heavy (non-hydrogen) atoms. The first-order chi connectivity index (χ1) is 13.6. The minimum atomic E-state index is 0.0676. The Morgan fingerprint density at radius 2 is 1.79 bits per heavy atom. The standard InChI is InChI=1S/C23H29N3O2/c1-4-19-15-26(22-14-17(3)16(2)13-21(22)24-19)23(27)18-5-7-20(8-6-18)25-9-11-28-12-10-25/h5-8,13-14,19,24H,4,9-12,15H2,1-3H3. The number of carbonyl (C=O) groups is 1. The molecule has 148 valence electrons. The molecule has 5 nitrogen and oxygen atoms in total. The number of hydrogen-bond acceptors (Lipinski definition) is 4. The van der Waals surface area contributed by atoms with Gasteiger partial charge in [-0.05, 0) is 67.8 Å². The van der Waals surface area contributed by atoms with E-state index >= 15 is 0 Å². The second kappa shape index (κ2) is 7.84. The molecule has 1 fully saturated rings. The van der Waals surface area contributed by atoms with Crippen LogP contribution < -0.4 is 15.1 Å². The van der Waals surface area contributed by atoms with Crippen molar-refractivity contribution in [3.8, 4) is 0 Å². The van der Waals surface area contributed by atoms with Crippen molar-refractivity contribution in [2.75, 3.05) is 48.0 Å². The molecule has 5 heteroatoms. The van der Waals surface area contributed by atoms with E-state index in [2.05, 4.69) is 55.3 Å². The Labute approximate surface area is 167 Å². The summed E-state index contributed by atoms with van der Waals surface area (Å²) in [5, 5.41) is 3.59. The summed E-state index contributed by atoms with van der Waals surface area (Å²) < 4.78 is 5.43. The van der Waals surface area contributed by atoms with Gasteiger partial charge in [0.1, 0.15) is 0 Å². The predicted octanol–water partition coefficient (Wildman–Crippen LogP) is 3.99. The van der Waals surface area contributed by atoms with E-state index in [4.69, 9.17) is 4.74 Å². The van der Waals surface area contributed by atoms with Gasteiger partial charge in [0, 0.05) is 36.9 Å². The number of nitrogens with one attached hydrogen (secondary N) is 1. The minimum Gasteiger partial charge on any atom is -0.379 e. The highest BCUT2D eigenvalue weighted by Gasteiger charge is 2.28. The SMILES string of the molecule is CCC1CN(C(=O)c2ccc(N3CCOCC3)cc2)c2cc(C)c(C)cc2N1. The number of hydrogen-bond donors (Lipinski definition) is 1. The number of benzene rings is 2. The van der Waals surface area contributed by atoms with Crippen LogP contribution in [0.1, 0.15) is 34.8 Å². The highest BCUT2D eigenvalue weighted by molar-refractivity contribution is 6.08. The summed E-state index contributed by atoms with van der Waals surface area (Å²) in [5.74, 6) is 0.0676. The molecule has 2 aromatic rings. The van der Waals surface area contributed by atoms with Crippen LogP contribution in [0.4, 0.5) is 17.1 Å². The molecule has 4 rings (SSSR count). The summed E-state index contributed by atoms with van der Waals surface area (Å²) in [6, 6.07) is 12.6. The number of morpholine rings is 1. The number of nitrogens with zero attached hydrogens (tertiary/aromatic N) is 2. The molecule has 1 saturated heterocycles. The maximum Gasteiger partial charge on any atom is 0.258 e. The number of anilines is 3. The summed E-state index contributed by atoms with van der Waals surface area (Å²) >= 11 is 0. The topological polar surface area (TPSA) is 44.8 Å². The van der Waals surface area contributed by atoms with Crippen LogP contribution in [-0.4, -0.2) is 44.8 Å². The number of ether oxygens (including phenoxy) is 1. The van der Waals surface area contributed by atoms with Gasteiger partial charge in [-0.15, -0.1) is 0 Å². The van der Waals surface area contributed by atoms with Crippen LogP contribution in [0.15, 0.2) is 36.4 Å². The van der Waals surface area contributed by atoms with Gasteiger partial charge in [0.25, 0.3) is 5.91 Å². The third kappa shape index (κ3) is 3.59. The molecule has 2 aliphatic rings. The maximum atomic E-state index is 13.4. The highest BCUT2D eigenvalue weighted by Crippen LogP contribution is 2.35. The molecule has 1 unspecified atom stereocenters. The molecule has 2 aromatic carbocycles. The molecule has 1 N–H and O–H groups in total. The molecule has 0 saturated carbocycles. The van der Waals surface area contributed by atoms with E-state index in [1.54, 1.807) is 0 Å². The molecule has 0 bridgehead atoms. The van der Waals surface area contributed by atoms with Crippen molar-refractivity contribution >= 4 is 23.0 Å². The minimum absolute atomic E-state index is 0.0676. The molecule has 0 aliphatic carbocycles. The van der Waals surface area contributed by atoms with Gasteiger partial charge in [-0.3, -0.25) is 4.79 Å². The monoisotopic (exact) mass is 379 g/mol. The number of carbonyl (C=O) groups excluding carboxylic acids is 1. The second-order valence-corrected chi connectivity index (χ2v) is 7.77. The molecular formula is C23H29N3O2. The van der Waals surface area contributed by atoms with Crippen molar-refractivity contribution in [1.29, 1.82) is 0 Å². The molecule has 1 amide bonds. The Hall–Kier alpha value is -2.53. The zero-order valence-corrected chi connectivity index (χ0v) is 17.0. The van der Waals surface area contributed by atoms with Crippen LogP contribution in [0.25, 0.3) is 0 Å². The zero-order chi connectivity index (χ0) is 19.7. The fraction of sp³-hybridized carbons (Fsp3) is 0.435. The predicted molar refractivity (Wildman–Crippen MR) is 115 cm³/mol. The van der Waals surface area contributed by atoms with Gasteiger partial charge in [-0.25, -0.2) is 0 Å². The largest absolute Gasteiger partial charge is 0.379 e. The third-order valence-corrected chi connectivity index (χ3v) is 5.89. The fourth-order valence-electron chi connectivity index (χ4n) is 3.94. The van der Waals surface area contributed by atoms with Crippen LogP contribution in [0.2, 0.25) is 0 Å². The molecule has 2 heterocycles. The van der Waals surface area contributed by atoms with Crippen molar-refractivity contribution in [1.82, 2.24) is 0 Å². The van der Waals surface area contributed by atoms with Gasteiger partial charge >= 0.3 is 0 Å². The summed E-state index contributed by atoms with van der Waals surface area (Å²) in [5.41, 5.74) is 6.37. The number of rotatable bonds is 3. The normalized spacial score (nSPS) is 19.2. The van der Waals surface area contributed by atoms with Crippen LogP contribution in [0.3, 0.4) is 0 Å². The zero-order valence-electron chi connectivity index (χ0n) is 17.0. The van der Waals surface area contributed by atoms with Crippen LogP contribution in [0.5, 0.6) is 0 Å². The lowest BCUT2D eigenvalue weighted by Gasteiger charge is -2.36. The van der Waals surface area contributed by atoms with Crippen molar-refractivity contribution in [3.63, 3.8) is 0 Å². The van der Waals surface area contributed by atoms with Crippen molar-refractivity contribution in [3.05, 3.63) is 53.1 Å². The third-order valence-electron chi connectivity index (χ3n) is 5.89.